The average Bonchev–Trinajstić information content (AvgIpc) is 3.57. The highest BCUT2D eigenvalue weighted by Crippen LogP contribution is 2.35. The number of hydrogen-bond donors (Lipinski definition) is 3. The zero-order valence-corrected chi connectivity index (χ0v) is 20.8. The van der Waals surface area contributed by atoms with E-state index in [0.717, 1.165) is 6.42 Å². The van der Waals surface area contributed by atoms with Gasteiger partial charge in [0, 0.05) is 25.4 Å². The van der Waals surface area contributed by atoms with Crippen molar-refractivity contribution < 1.29 is 38.4 Å². The highest BCUT2D eigenvalue weighted by Gasteiger charge is 2.48. The maximum atomic E-state index is 12.6. The molecule has 14 nitrogen and oxygen atoms in total. The Labute approximate surface area is 211 Å². The van der Waals surface area contributed by atoms with Crippen LogP contribution in [0, 0.1) is 5.92 Å². The van der Waals surface area contributed by atoms with Crippen LogP contribution in [-0.2, 0) is 33.3 Å². The summed E-state index contributed by atoms with van der Waals surface area (Å²) in [5.74, 6) is -1.49. The van der Waals surface area contributed by atoms with Crippen molar-refractivity contribution in [2.75, 3.05) is 18.5 Å². The van der Waals surface area contributed by atoms with Gasteiger partial charge < -0.3 is 28.8 Å². The number of nitrogens with zero attached hydrogens (tertiary/aromatic N) is 3. The van der Waals surface area contributed by atoms with E-state index in [4.69, 9.17) is 18.9 Å². The second kappa shape index (κ2) is 11.5. The van der Waals surface area contributed by atoms with Crippen LogP contribution in [0.3, 0.4) is 0 Å². The minimum Gasteiger partial charge on any atom is -0.463 e. The number of hydrogen-bond acceptors (Lipinski definition) is 11. The SMILES string of the molecule is CC(=O)CCC(=O)OC[C@H]1O[C@@H](n2cnc3c(=O)[nH]c(NC(=O)C(C)C)nc32)[C@H](OC2CCCO2)[C@@H]1O. The number of aliphatic hydroxyl groups is 1. The summed E-state index contributed by atoms with van der Waals surface area (Å²) in [6, 6.07) is 0. The van der Waals surface area contributed by atoms with E-state index in [1.807, 2.05) is 0 Å². The van der Waals surface area contributed by atoms with Crippen LogP contribution >= 0.6 is 0 Å². The van der Waals surface area contributed by atoms with Crippen LogP contribution in [0.1, 0.15) is 52.7 Å². The second-order valence-corrected chi connectivity index (χ2v) is 9.37. The van der Waals surface area contributed by atoms with Crippen molar-refractivity contribution in [3.63, 3.8) is 0 Å². The fourth-order valence-electron chi connectivity index (χ4n) is 4.02. The van der Waals surface area contributed by atoms with Gasteiger partial charge in [0.15, 0.2) is 23.7 Å². The van der Waals surface area contributed by atoms with Crippen molar-refractivity contribution in [1.29, 1.82) is 0 Å². The summed E-state index contributed by atoms with van der Waals surface area (Å²) in [4.78, 5) is 58.8. The topological polar surface area (TPSA) is 184 Å². The lowest BCUT2D eigenvalue weighted by molar-refractivity contribution is -0.181. The van der Waals surface area contributed by atoms with E-state index in [1.54, 1.807) is 13.8 Å². The molecule has 0 radical (unpaired) electrons. The lowest BCUT2D eigenvalue weighted by Crippen LogP contribution is -2.38. The Balaban J connectivity index is 1.60. The van der Waals surface area contributed by atoms with E-state index < -0.39 is 42.4 Å². The molecule has 2 fully saturated rings. The molecule has 2 aromatic rings. The molecule has 14 heteroatoms. The maximum absolute atomic E-state index is 12.6. The summed E-state index contributed by atoms with van der Waals surface area (Å²) < 4.78 is 24.3. The molecule has 4 heterocycles. The number of esters is 1. The number of ether oxygens (including phenoxy) is 4. The number of aromatic nitrogens is 4. The number of rotatable bonds is 10. The first-order chi connectivity index (χ1) is 17.6. The molecule has 1 amide bonds. The molecule has 3 N–H and O–H groups in total. The van der Waals surface area contributed by atoms with E-state index in [2.05, 4.69) is 20.3 Å². The summed E-state index contributed by atoms with van der Waals surface area (Å²) in [6.07, 6.45) is -2.05. The van der Waals surface area contributed by atoms with E-state index in [1.165, 1.54) is 17.8 Å². The standard InChI is InChI=1S/C23H31N5O9/c1-11(2)20(32)26-23-25-19-16(21(33)27-23)24-10-28(19)22-18(37-15-5-4-8-34-15)17(31)13(36-22)9-35-14(30)7-6-12(3)29/h10-11,13,15,17-18,22,31H,4-9H2,1-3H3,(H2,25,26,27,32,33)/t13-,15?,17-,18-,22-/m1/s1. The van der Waals surface area contributed by atoms with Gasteiger partial charge in [0.1, 0.15) is 30.7 Å². The number of anilines is 1. The summed E-state index contributed by atoms with van der Waals surface area (Å²) in [5, 5.41) is 13.6. The minimum absolute atomic E-state index is 0.00406. The Hall–Kier alpha value is -3.20. The smallest absolute Gasteiger partial charge is 0.306 e. The van der Waals surface area contributed by atoms with E-state index in [-0.39, 0.29) is 54.2 Å². The normalized spacial score (nSPS) is 25.6. The Bertz CT molecular complexity index is 1200. The van der Waals surface area contributed by atoms with Crippen LogP contribution in [-0.4, -0.2) is 80.1 Å². The molecule has 2 saturated heterocycles. The van der Waals surface area contributed by atoms with Gasteiger partial charge in [-0.25, -0.2) is 4.98 Å². The molecular formula is C23H31N5O9. The number of aromatic amines is 1. The van der Waals surface area contributed by atoms with Crippen molar-refractivity contribution in [2.45, 2.75) is 77.3 Å². The van der Waals surface area contributed by atoms with E-state index in [0.29, 0.717) is 13.0 Å². The lowest BCUT2D eigenvalue weighted by Gasteiger charge is -2.24. The van der Waals surface area contributed by atoms with Crippen LogP contribution in [0.15, 0.2) is 11.1 Å². The maximum Gasteiger partial charge on any atom is 0.306 e. The number of H-pyrrole nitrogens is 1. The number of imidazole rings is 1. The first-order valence-electron chi connectivity index (χ1n) is 12.2. The predicted molar refractivity (Wildman–Crippen MR) is 126 cm³/mol. The van der Waals surface area contributed by atoms with Crippen LogP contribution in [0.25, 0.3) is 11.2 Å². The van der Waals surface area contributed by atoms with Crippen molar-refractivity contribution in [1.82, 2.24) is 19.5 Å². The van der Waals surface area contributed by atoms with Gasteiger partial charge in [0.25, 0.3) is 5.56 Å². The third kappa shape index (κ3) is 6.21. The van der Waals surface area contributed by atoms with Gasteiger partial charge in [0.2, 0.25) is 11.9 Å². The van der Waals surface area contributed by atoms with Crippen LogP contribution in [0.5, 0.6) is 0 Å². The summed E-state index contributed by atoms with van der Waals surface area (Å²) in [5.41, 5.74) is -0.482. The Kier molecular flexibility index (Phi) is 8.32. The van der Waals surface area contributed by atoms with Gasteiger partial charge >= 0.3 is 5.97 Å². The second-order valence-electron chi connectivity index (χ2n) is 9.37. The van der Waals surface area contributed by atoms with Gasteiger partial charge in [-0.1, -0.05) is 13.8 Å². The Morgan fingerprint density at radius 1 is 1.32 bits per heavy atom. The molecule has 0 aliphatic carbocycles. The number of carbonyl (C=O) groups excluding carboxylic acids is 3. The van der Waals surface area contributed by atoms with Gasteiger partial charge in [-0.2, -0.15) is 4.98 Å². The molecular weight excluding hydrogens is 490 g/mol. The van der Waals surface area contributed by atoms with E-state index in [9.17, 15) is 24.3 Å². The zero-order chi connectivity index (χ0) is 26.7. The molecule has 0 bridgehead atoms. The molecule has 0 spiro atoms. The number of carbonyl (C=O) groups is 3. The van der Waals surface area contributed by atoms with Gasteiger partial charge in [0.05, 0.1) is 12.7 Å². The first kappa shape index (κ1) is 26.9. The Morgan fingerprint density at radius 3 is 2.78 bits per heavy atom. The van der Waals surface area contributed by atoms with Crippen molar-refractivity contribution in [3.8, 4) is 0 Å². The molecule has 4 rings (SSSR count). The summed E-state index contributed by atoms with van der Waals surface area (Å²) in [7, 11) is 0. The first-order valence-corrected chi connectivity index (χ1v) is 12.2. The molecule has 2 aliphatic heterocycles. The molecule has 2 aromatic heterocycles. The van der Waals surface area contributed by atoms with Crippen LogP contribution in [0.2, 0.25) is 0 Å². The number of amides is 1. The highest BCUT2D eigenvalue weighted by molar-refractivity contribution is 5.91. The number of fused-ring (bicyclic) bond motifs is 1. The third-order valence-electron chi connectivity index (χ3n) is 6.07. The Morgan fingerprint density at radius 2 is 2.11 bits per heavy atom. The molecule has 0 saturated carbocycles. The number of aliphatic hydroxyl groups excluding tert-OH is 1. The summed E-state index contributed by atoms with van der Waals surface area (Å²) in [6.45, 7) is 5.01. The van der Waals surface area contributed by atoms with Gasteiger partial charge in [-0.15, -0.1) is 0 Å². The zero-order valence-electron chi connectivity index (χ0n) is 20.8. The van der Waals surface area contributed by atoms with E-state index >= 15 is 0 Å². The fourth-order valence-corrected chi connectivity index (χ4v) is 4.02. The molecule has 1 unspecified atom stereocenters. The lowest BCUT2D eigenvalue weighted by atomic mass is 10.1. The third-order valence-corrected chi connectivity index (χ3v) is 6.07. The van der Waals surface area contributed by atoms with Gasteiger partial charge in [-0.3, -0.25) is 29.3 Å². The van der Waals surface area contributed by atoms with Crippen molar-refractivity contribution >= 4 is 34.8 Å². The highest BCUT2D eigenvalue weighted by atomic mass is 16.7. The fraction of sp³-hybridized carbons (Fsp3) is 0.652. The minimum atomic E-state index is -1.23. The van der Waals surface area contributed by atoms with Crippen molar-refractivity contribution in [3.05, 3.63) is 16.7 Å². The largest absolute Gasteiger partial charge is 0.463 e. The molecule has 2 aliphatic rings. The number of Topliss-reactive ketones (excluding diaryl/α,β-unsaturated/α-hetero) is 1. The number of ketones is 1. The number of nitrogens with one attached hydrogen (secondary N) is 2. The quantitative estimate of drug-likeness (QED) is 0.368. The van der Waals surface area contributed by atoms with Crippen LogP contribution < -0.4 is 10.9 Å². The average molecular weight is 522 g/mol. The molecule has 37 heavy (non-hydrogen) atoms. The molecule has 202 valence electrons. The molecule has 0 aromatic carbocycles. The predicted octanol–water partition coefficient (Wildman–Crippen LogP) is 0.407. The van der Waals surface area contributed by atoms with Crippen LogP contribution in [0.4, 0.5) is 5.95 Å². The molecule has 5 atom stereocenters. The van der Waals surface area contributed by atoms with Crippen molar-refractivity contribution in [2.24, 2.45) is 5.92 Å². The van der Waals surface area contributed by atoms with Gasteiger partial charge in [-0.05, 0) is 13.3 Å². The monoisotopic (exact) mass is 521 g/mol. The summed E-state index contributed by atoms with van der Waals surface area (Å²) >= 11 is 0.